The lowest BCUT2D eigenvalue weighted by Gasteiger charge is -2.26. The van der Waals surface area contributed by atoms with Gasteiger partial charge in [0.25, 0.3) is 5.91 Å². The number of nitrogens with zero attached hydrogens (tertiary/aromatic N) is 1. The largest absolute Gasteiger partial charge is 0.477 e. The number of likely N-dealkylation sites (tertiary alicyclic amines) is 1. The molecule has 198 valence electrons. The summed E-state index contributed by atoms with van der Waals surface area (Å²) in [5.74, 6) is -5.40. The van der Waals surface area contributed by atoms with Crippen molar-refractivity contribution < 1.29 is 28.6 Å². The van der Waals surface area contributed by atoms with Gasteiger partial charge in [-0.1, -0.05) is 50.1 Å². The van der Waals surface area contributed by atoms with E-state index in [9.17, 15) is 23.5 Å². The van der Waals surface area contributed by atoms with E-state index in [0.29, 0.717) is 25.7 Å². The Kier molecular flexibility index (Phi) is 10.4. The Morgan fingerprint density at radius 1 is 1.08 bits per heavy atom. The van der Waals surface area contributed by atoms with Crippen molar-refractivity contribution >= 4 is 23.2 Å². The predicted molar refractivity (Wildman–Crippen MR) is 138 cm³/mol. The number of halogens is 2. The van der Waals surface area contributed by atoms with Gasteiger partial charge in [0.1, 0.15) is 4.88 Å². The smallest absolute Gasteiger partial charge is 0.345 e. The number of hydrogen-bond acceptors (Lipinski definition) is 4. The summed E-state index contributed by atoms with van der Waals surface area (Å²) in [6.07, 6.45) is 5.81. The van der Waals surface area contributed by atoms with Gasteiger partial charge in [-0.15, -0.1) is 11.3 Å². The summed E-state index contributed by atoms with van der Waals surface area (Å²) in [5, 5.41) is 19.7. The third-order valence-electron chi connectivity index (χ3n) is 7.12. The Balaban J connectivity index is 1.39. The highest BCUT2D eigenvalue weighted by Gasteiger charge is 2.52. The molecule has 8 heteroatoms. The number of aliphatic hydroxyl groups is 1. The lowest BCUT2D eigenvalue weighted by Crippen LogP contribution is -2.37. The summed E-state index contributed by atoms with van der Waals surface area (Å²) >= 11 is 1.17. The number of hydrogen-bond donors (Lipinski definition) is 2. The quantitative estimate of drug-likeness (QED) is 0.274. The maximum Gasteiger partial charge on any atom is 0.345 e. The maximum atomic E-state index is 14.2. The van der Waals surface area contributed by atoms with Gasteiger partial charge in [-0.05, 0) is 68.6 Å². The number of carbonyl (C=O) groups excluding carboxylic acids is 1. The standard InChI is InChI=1S/C28H37F2NO4S/c1-20(9-4-2-5-10-21-11-6-3-7-12-21)24(32)16-14-22-19-28(29,30)27(35)31(22)18-8-13-23-15-17-25(36-23)26(33)34/h3,6-7,11-12,15,17,20,22,24,32H,2,4-5,8-10,13-14,16,18-19H2,1H3,(H,33,34)/t20-,22+,24-/m1/s1. The Hall–Kier alpha value is -2.32. The van der Waals surface area contributed by atoms with E-state index >= 15 is 0 Å². The summed E-state index contributed by atoms with van der Waals surface area (Å²) in [7, 11) is 0. The van der Waals surface area contributed by atoms with Crippen molar-refractivity contribution in [3.63, 3.8) is 0 Å². The third kappa shape index (κ3) is 8.10. The van der Waals surface area contributed by atoms with E-state index < -0.39 is 36.4 Å². The average Bonchev–Trinajstić information content (AvgIpc) is 3.41. The number of carbonyl (C=O) groups is 2. The lowest BCUT2D eigenvalue weighted by atomic mass is 9.92. The van der Waals surface area contributed by atoms with Crippen LogP contribution in [0.15, 0.2) is 42.5 Å². The monoisotopic (exact) mass is 521 g/mol. The van der Waals surface area contributed by atoms with Crippen LogP contribution in [0.4, 0.5) is 8.78 Å². The highest BCUT2D eigenvalue weighted by atomic mass is 32.1. The molecular weight excluding hydrogens is 484 g/mol. The molecule has 2 N–H and O–H groups in total. The van der Waals surface area contributed by atoms with Crippen LogP contribution in [0.3, 0.4) is 0 Å². The number of benzene rings is 1. The molecule has 2 heterocycles. The molecule has 0 bridgehead atoms. The van der Waals surface area contributed by atoms with E-state index in [1.54, 1.807) is 6.07 Å². The second kappa shape index (κ2) is 13.3. The molecule has 1 amide bonds. The molecule has 3 rings (SSSR count). The fourth-order valence-electron chi connectivity index (χ4n) is 4.92. The molecule has 36 heavy (non-hydrogen) atoms. The van der Waals surface area contributed by atoms with Crippen LogP contribution in [0.2, 0.25) is 0 Å². The van der Waals surface area contributed by atoms with E-state index in [0.717, 1.165) is 37.0 Å². The van der Waals surface area contributed by atoms with Gasteiger partial charge in [0, 0.05) is 23.9 Å². The number of unbranched alkanes of at least 4 members (excludes halogenated alkanes) is 2. The number of carboxylic acids is 1. The fourth-order valence-corrected chi connectivity index (χ4v) is 5.81. The number of amides is 1. The zero-order valence-corrected chi connectivity index (χ0v) is 21.7. The van der Waals surface area contributed by atoms with Gasteiger partial charge in [0.05, 0.1) is 6.10 Å². The van der Waals surface area contributed by atoms with E-state index in [2.05, 4.69) is 12.1 Å². The molecule has 0 aliphatic carbocycles. The Morgan fingerprint density at radius 3 is 2.53 bits per heavy atom. The number of carboxylic acid groups (broad SMARTS) is 1. The van der Waals surface area contributed by atoms with Gasteiger partial charge < -0.3 is 15.1 Å². The summed E-state index contributed by atoms with van der Waals surface area (Å²) in [6, 6.07) is 13.0. The SMILES string of the molecule is C[C@H](CCCCCc1ccccc1)[C@H](O)CC[C@H]1CC(F)(F)C(=O)N1CCCc1ccc(C(=O)O)s1. The molecule has 1 aromatic heterocycles. The number of thiophene rings is 1. The van der Waals surface area contributed by atoms with Crippen molar-refractivity contribution in [2.45, 2.75) is 89.2 Å². The molecule has 0 saturated carbocycles. The predicted octanol–water partition coefficient (Wildman–Crippen LogP) is 6.20. The Labute approximate surface area is 216 Å². The zero-order chi connectivity index (χ0) is 26.1. The number of aromatic carboxylic acids is 1. The number of rotatable bonds is 15. The molecule has 1 aliphatic heterocycles. The highest BCUT2D eigenvalue weighted by molar-refractivity contribution is 7.13. The molecule has 5 nitrogen and oxygen atoms in total. The molecule has 1 aromatic carbocycles. The van der Waals surface area contributed by atoms with Gasteiger partial charge in [0.2, 0.25) is 0 Å². The average molecular weight is 522 g/mol. The Bertz CT molecular complexity index is 981. The van der Waals surface area contributed by atoms with E-state index in [1.807, 2.05) is 25.1 Å². The molecule has 1 saturated heterocycles. The van der Waals surface area contributed by atoms with Gasteiger partial charge in [-0.25, -0.2) is 4.79 Å². The highest BCUT2D eigenvalue weighted by Crippen LogP contribution is 2.36. The fraction of sp³-hybridized carbons (Fsp3) is 0.571. The van der Waals surface area contributed by atoms with Crippen LogP contribution < -0.4 is 0 Å². The molecule has 3 atom stereocenters. The van der Waals surface area contributed by atoms with Gasteiger partial charge in [-0.2, -0.15) is 8.78 Å². The summed E-state index contributed by atoms with van der Waals surface area (Å²) in [5.41, 5.74) is 1.33. The van der Waals surface area contributed by atoms with Crippen LogP contribution in [0.5, 0.6) is 0 Å². The van der Waals surface area contributed by atoms with Crippen molar-refractivity contribution in [3.8, 4) is 0 Å². The van der Waals surface area contributed by atoms with Crippen LogP contribution in [0.25, 0.3) is 0 Å². The first-order chi connectivity index (χ1) is 17.2. The molecule has 0 unspecified atom stereocenters. The summed E-state index contributed by atoms with van der Waals surface area (Å²) in [4.78, 5) is 25.7. The van der Waals surface area contributed by atoms with E-state index in [-0.39, 0.29) is 17.3 Å². The van der Waals surface area contributed by atoms with E-state index in [1.165, 1.54) is 27.9 Å². The first kappa shape index (κ1) is 28.3. The first-order valence-electron chi connectivity index (χ1n) is 12.9. The molecule has 0 radical (unpaired) electrons. The molecule has 1 aliphatic rings. The van der Waals surface area contributed by atoms with Crippen molar-refractivity contribution in [2.24, 2.45) is 5.92 Å². The minimum absolute atomic E-state index is 0.0787. The van der Waals surface area contributed by atoms with Crippen LogP contribution in [-0.2, 0) is 17.6 Å². The van der Waals surface area contributed by atoms with Crippen LogP contribution in [0, 0.1) is 5.92 Å². The first-order valence-corrected chi connectivity index (χ1v) is 13.7. The van der Waals surface area contributed by atoms with Crippen molar-refractivity contribution in [3.05, 3.63) is 57.8 Å². The van der Waals surface area contributed by atoms with Gasteiger partial charge in [0.15, 0.2) is 0 Å². The van der Waals surface area contributed by atoms with Crippen LogP contribution >= 0.6 is 11.3 Å². The lowest BCUT2D eigenvalue weighted by molar-refractivity contribution is -0.148. The minimum atomic E-state index is -3.36. The van der Waals surface area contributed by atoms with Gasteiger partial charge in [-0.3, -0.25) is 4.79 Å². The molecular formula is C28H37F2NO4S. The van der Waals surface area contributed by atoms with Crippen molar-refractivity contribution in [1.82, 2.24) is 4.90 Å². The number of aliphatic hydroxyl groups excluding tert-OH is 1. The topological polar surface area (TPSA) is 77.8 Å². The number of alkyl halides is 2. The molecule has 0 spiro atoms. The second-order valence-electron chi connectivity index (χ2n) is 9.94. The molecule has 1 fully saturated rings. The summed E-state index contributed by atoms with van der Waals surface area (Å²) < 4.78 is 28.4. The van der Waals surface area contributed by atoms with Crippen LogP contribution in [0.1, 0.15) is 78.4 Å². The zero-order valence-electron chi connectivity index (χ0n) is 20.9. The maximum absolute atomic E-state index is 14.2. The third-order valence-corrected chi connectivity index (χ3v) is 8.25. The summed E-state index contributed by atoms with van der Waals surface area (Å²) in [6.45, 7) is 2.20. The van der Waals surface area contributed by atoms with E-state index in [4.69, 9.17) is 5.11 Å². The molecule has 2 aromatic rings. The minimum Gasteiger partial charge on any atom is -0.477 e. The van der Waals surface area contributed by atoms with Crippen molar-refractivity contribution in [1.29, 1.82) is 0 Å². The van der Waals surface area contributed by atoms with Crippen molar-refractivity contribution in [2.75, 3.05) is 6.54 Å². The van der Waals surface area contributed by atoms with Crippen LogP contribution in [-0.4, -0.2) is 51.6 Å². The Morgan fingerprint density at radius 2 is 1.83 bits per heavy atom. The number of aryl methyl sites for hydroxylation is 2. The van der Waals surface area contributed by atoms with Gasteiger partial charge >= 0.3 is 11.9 Å². The normalized spacial score (nSPS) is 18.9. The second-order valence-corrected chi connectivity index (χ2v) is 11.1.